The van der Waals surface area contributed by atoms with E-state index in [1.54, 1.807) is 61.5 Å². The lowest BCUT2D eigenvalue weighted by atomic mass is 9.92. The summed E-state index contributed by atoms with van der Waals surface area (Å²) in [6.07, 6.45) is 0. The lowest BCUT2D eigenvalue weighted by Gasteiger charge is -2.23. The van der Waals surface area contributed by atoms with Gasteiger partial charge in [-0.2, -0.15) is 0 Å². The van der Waals surface area contributed by atoms with Crippen LogP contribution in [0.2, 0.25) is 5.02 Å². The van der Waals surface area contributed by atoms with E-state index in [4.69, 9.17) is 11.6 Å². The molecule has 0 aromatic heterocycles. The number of anilines is 1. The topological polar surface area (TPSA) is 98.8 Å². The summed E-state index contributed by atoms with van der Waals surface area (Å²) >= 11 is 6.01. The zero-order chi connectivity index (χ0) is 21.9. The summed E-state index contributed by atoms with van der Waals surface area (Å²) < 4.78 is 0. The van der Waals surface area contributed by atoms with Crippen molar-refractivity contribution in [1.82, 2.24) is 15.1 Å². The number of urea groups is 1. The van der Waals surface area contributed by atoms with E-state index in [1.165, 1.54) is 7.05 Å². The SMILES string of the molecule is CN(CC(=O)Nc1ccccc1Cl)C(=O)CN1C(=O)NC(C)(c2ccccc2)C1=O. The fraction of sp³-hybridized carbons (Fsp3) is 0.238. The highest BCUT2D eigenvalue weighted by Gasteiger charge is 2.49. The average molecular weight is 429 g/mol. The standard InChI is InChI=1S/C21H21ClN4O4/c1-21(14-8-4-3-5-9-14)19(29)26(20(30)24-21)13-18(28)25(2)12-17(27)23-16-11-7-6-10-15(16)22/h3-11H,12-13H2,1-2H3,(H,23,27)(H,24,30). The van der Waals surface area contributed by atoms with Crippen molar-refractivity contribution in [2.75, 3.05) is 25.5 Å². The minimum atomic E-state index is -1.25. The number of hydrogen-bond donors (Lipinski definition) is 2. The summed E-state index contributed by atoms with van der Waals surface area (Å²) in [5.74, 6) is -1.53. The molecule has 1 heterocycles. The molecule has 1 unspecified atom stereocenters. The minimum Gasteiger partial charge on any atom is -0.335 e. The smallest absolute Gasteiger partial charge is 0.325 e. The summed E-state index contributed by atoms with van der Waals surface area (Å²) in [5.41, 5.74) is -0.206. The molecule has 0 bridgehead atoms. The van der Waals surface area contributed by atoms with Gasteiger partial charge in [-0.3, -0.25) is 19.3 Å². The monoisotopic (exact) mass is 428 g/mol. The zero-order valence-electron chi connectivity index (χ0n) is 16.5. The van der Waals surface area contributed by atoms with Gasteiger partial charge in [0.05, 0.1) is 17.3 Å². The lowest BCUT2D eigenvalue weighted by Crippen LogP contribution is -2.45. The van der Waals surface area contributed by atoms with Crippen molar-refractivity contribution >= 4 is 41.0 Å². The molecule has 2 aromatic carbocycles. The number of rotatable bonds is 6. The van der Waals surface area contributed by atoms with E-state index in [1.807, 2.05) is 0 Å². The second-order valence-corrected chi connectivity index (χ2v) is 7.50. The van der Waals surface area contributed by atoms with Crippen molar-refractivity contribution < 1.29 is 19.2 Å². The molecule has 2 aromatic rings. The normalized spacial score (nSPS) is 18.2. The van der Waals surface area contributed by atoms with Crippen LogP contribution in [-0.2, 0) is 19.9 Å². The number of amides is 5. The van der Waals surface area contributed by atoms with Crippen LogP contribution in [0.5, 0.6) is 0 Å². The van der Waals surface area contributed by atoms with Crippen LogP contribution in [0.3, 0.4) is 0 Å². The summed E-state index contributed by atoms with van der Waals surface area (Å²) in [4.78, 5) is 52.0. The number of carbonyl (C=O) groups is 4. The van der Waals surface area contributed by atoms with Gasteiger partial charge in [-0.1, -0.05) is 54.1 Å². The highest BCUT2D eigenvalue weighted by molar-refractivity contribution is 6.33. The van der Waals surface area contributed by atoms with Crippen molar-refractivity contribution in [3.8, 4) is 0 Å². The third-order valence-electron chi connectivity index (χ3n) is 4.87. The Morgan fingerprint density at radius 2 is 1.73 bits per heavy atom. The zero-order valence-corrected chi connectivity index (χ0v) is 17.3. The molecule has 30 heavy (non-hydrogen) atoms. The van der Waals surface area contributed by atoms with Gasteiger partial charge in [0.25, 0.3) is 5.91 Å². The Labute approximate surface area is 178 Å². The summed E-state index contributed by atoms with van der Waals surface area (Å²) in [6.45, 7) is 0.862. The third kappa shape index (κ3) is 4.28. The van der Waals surface area contributed by atoms with Crippen molar-refractivity contribution in [2.24, 2.45) is 0 Å². The van der Waals surface area contributed by atoms with Crippen LogP contribution in [0.15, 0.2) is 54.6 Å². The van der Waals surface area contributed by atoms with E-state index >= 15 is 0 Å². The Kier molecular flexibility index (Phi) is 6.07. The van der Waals surface area contributed by atoms with E-state index in [0.29, 0.717) is 16.3 Å². The molecule has 1 saturated heterocycles. The van der Waals surface area contributed by atoms with Crippen LogP contribution in [0, 0.1) is 0 Å². The minimum absolute atomic E-state index is 0.260. The van der Waals surface area contributed by atoms with Crippen LogP contribution in [0.4, 0.5) is 10.5 Å². The highest BCUT2D eigenvalue weighted by atomic mass is 35.5. The molecule has 2 N–H and O–H groups in total. The van der Waals surface area contributed by atoms with Gasteiger partial charge < -0.3 is 15.5 Å². The van der Waals surface area contributed by atoms with Gasteiger partial charge in [0, 0.05) is 7.05 Å². The lowest BCUT2D eigenvalue weighted by molar-refractivity contribution is -0.139. The van der Waals surface area contributed by atoms with E-state index in [-0.39, 0.29) is 6.54 Å². The van der Waals surface area contributed by atoms with Gasteiger partial charge in [0.15, 0.2) is 0 Å². The summed E-state index contributed by atoms with van der Waals surface area (Å²) in [5, 5.41) is 5.63. The number of hydrogen-bond acceptors (Lipinski definition) is 4. The quantitative estimate of drug-likeness (QED) is 0.689. The van der Waals surface area contributed by atoms with Crippen molar-refractivity contribution in [3.63, 3.8) is 0 Å². The van der Waals surface area contributed by atoms with Gasteiger partial charge in [0.2, 0.25) is 11.8 Å². The number of para-hydroxylation sites is 1. The fourth-order valence-electron chi connectivity index (χ4n) is 3.12. The van der Waals surface area contributed by atoms with E-state index < -0.39 is 35.8 Å². The Bertz CT molecular complexity index is 998. The van der Waals surface area contributed by atoms with Gasteiger partial charge in [-0.05, 0) is 24.6 Å². The number of carbonyl (C=O) groups excluding carboxylic acids is 4. The predicted molar refractivity (Wildman–Crippen MR) is 112 cm³/mol. The highest BCUT2D eigenvalue weighted by Crippen LogP contribution is 2.28. The largest absolute Gasteiger partial charge is 0.335 e. The molecule has 0 radical (unpaired) electrons. The van der Waals surface area contributed by atoms with Crippen LogP contribution >= 0.6 is 11.6 Å². The Hall–Kier alpha value is -3.39. The molecule has 1 aliphatic rings. The maximum absolute atomic E-state index is 12.9. The van der Waals surface area contributed by atoms with E-state index in [2.05, 4.69) is 10.6 Å². The molecule has 3 rings (SSSR count). The van der Waals surface area contributed by atoms with Gasteiger partial charge in [0.1, 0.15) is 12.1 Å². The average Bonchev–Trinajstić information content (AvgIpc) is 2.94. The molecule has 9 heteroatoms. The maximum Gasteiger partial charge on any atom is 0.325 e. The molecule has 0 saturated carbocycles. The molecule has 1 aliphatic heterocycles. The number of likely N-dealkylation sites (N-methyl/N-ethyl adjacent to an activating group) is 1. The third-order valence-corrected chi connectivity index (χ3v) is 5.20. The molecule has 0 aliphatic carbocycles. The van der Waals surface area contributed by atoms with Crippen molar-refractivity contribution in [1.29, 1.82) is 0 Å². The molecule has 1 fully saturated rings. The predicted octanol–water partition coefficient (Wildman–Crippen LogP) is 2.20. The Morgan fingerprint density at radius 3 is 2.40 bits per heavy atom. The first-order valence-corrected chi connectivity index (χ1v) is 9.58. The molecule has 5 amide bonds. The second kappa shape index (κ2) is 8.54. The van der Waals surface area contributed by atoms with Crippen molar-refractivity contribution in [3.05, 3.63) is 65.2 Å². The molecule has 156 valence electrons. The molecule has 0 spiro atoms. The molecular weight excluding hydrogens is 408 g/mol. The number of benzene rings is 2. The molecule has 1 atom stereocenters. The Morgan fingerprint density at radius 1 is 1.10 bits per heavy atom. The number of nitrogens with one attached hydrogen (secondary N) is 2. The van der Waals surface area contributed by atoms with Crippen LogP contribution in [0.25, 0.3) is 0 Å². The van der Waals surface area contributed by atoms with Gasteiger partial charge in [-0.25, -0.2) is 4.79 Å². The second-order valence-electron chi connectivity index (χ2n) is 7.09. The van der Waals surface area contributed by atoms with E-state index in [9.17, 15) is 19.2 Å². The fourth-order valence-corrected chi connectivity index (χ4v) is 3.30. The number of halogens is 1. The van der Waals surface area contributed by atoms with Crippen LogP contribution < -0.4 is 10.6 Å². The maximum atomic E-state index is 12.9. The number of imide groups is 1. The number of nitrogens with zero attached hydrogens (tertiary/aromatic N) is 2. The summed E-state index contributed by atoms with van der Waals surface area (Å²) in [7, 11) is 1.42. The Balaban J connectivity index is 1.62. The van der Waals surface area contributed by atoms with Gasteiger partial charge >= 0.3 is 6.03 Å². The first kappa shape index (κ1) is 21.3. The van der Waals surface area contributed by atoms with Crippen LogP contribution in [0.1, 0.15) is 12.5 Å². The van der Waals surface area contributed by atoms with Crippen molar-refractivity contribution in [2.45, 2.75) is 12.5 Å². The summed E-state index contributed by atoms with van der Waals surface area (Å²) in [6, 6.07) is 14.9. The first-order valence-electron chi connectivity index (χ1n) is 9.20. The van der Waals surface area contributed by atoms with Crippen LogP contribution in [-0.4, -0.2) is 53.7 Å². The van der Waals surface area contributed by atoms with Gasteiger partial charge in [-0.15, -0.1) is 0 Å². The van der Waals surface area contributed by atoms with E-state index in [0.717, 1.165) is 9.80 Å². The molecular formula is C21H21ClN4O4. The molecule has 8 nitrogen and oxygen atoms in total. The first-order chi connectivity index (χ1) is 14.2.